The zero-order valence-electron chi connectivity index (χ0n) is 15.0. The van der Waals surface area contributed by atoms with E-state index in [0.29, 0.717) is 28.6 Å². The quantitative estimate of drug-likeness (QED) is 0.628. The number of hydrogen-bond acceptors (Lipinski definition) is 4. The Hall–Kier alpha value is -2.72. The Labute approximate surface area is 165 Å². The van der Waals surface area contributed by atoms with Gasteiger partial charge in [-0.05, 0) is 23.6 Å². The van der Waals surface area contributed by atoms with E-state index in [-0.39, 0.29) is 24.3 Å². The normalized spacial score (nSPS) is 16.7. The highest BCUT2D eigenvalue weighted by Crippen LogP contribution is 2.35. The molecule has 4 rings (SSSR count). The molecule has 1 atom stereocenters. The van der Waals surface area contributed by atoms with E-state index >= 15 is 0 Å². The molecular formula is C19H14F4N2O3S. The number of ether oxygens (including phenoxy) is 1. The lowest BCUT2D eigenvalue weighted by Crippen LogP contribution is -2.37. The molecule has 3 aromatic rings. The van der Waals surface area contributed by atoms with Gasteiger partial charge in [-0.3, -0.25) is 9.59 Å². The highest BCUT2D eigenvalue weighted by molar-refractivity contribution is 7.09. The first kappa shape index (κ1) is 19.6. The number of nitrogens with zero attached hydrogens (tertiary/aromatic N) is 1. The van der Waals surface area contributed by atoms with Gasteiger partial charge in [-0.1, -0.05) is 0 Å². The van der Waals surface area contributed by atoms with Gasteiger partial charge in [-0.2, -0.15) is 24.5 Å². The fourth-order valence-corrected chi connectivity index (χ4v) is 4.32. The number of rotatable bonds is 2. The number of alkyl halides is 3. The van der Waals surface area contributed by atoms with Gasteiger partial charge in [-0.15, -0.1) is 0 Å². The first-order chi connectivity index (χ1) is 13.7. The van der Waals surface area contributed by atoms with Gasteiger partial charge < -0.3 is 14.6 Å². The van der Waals surface area contributed by atoms with E-state index in [0.717, 1.165) is 11.6 Å². The first-order valence-electron chi connectivity index (χ1n) is 8.51. The van der Waals surface area contributed by atoms with Gasteiger partial charge in [0, 0.05) is 34.6 Å². The molecule has 1 amide bonds. The molecule has 0 spiro atoms. The largest absolute Gasteiger partial charge is 0.419 e. The third-order valence-corrected chi connectivity index (χ3v) is 5.69. The molecule has 3 heterocycles. The monoisotopic (exact) mass is 426 g/mol. The summed E-state index contributed by atoms with van der Waals surface area (Å²) in [6, 6.07) is 1.49. The lowest BCUT2D eigenvalue weighted by Gasteiger charge is -2.33. The lowest BCUT2D eigenvalue weighted by atomic mass is 9.97. The molecule has 0 radical (unpaired) electrons. The van der Waals surface area contributed by atoms with Crippen LogP contribution in [0.15, 0.2) is 33.8 Å². The van der Waals surface area contributed by atoms with Crippen LogP contribution in [0, 0.1) is 5.82 Å². The average Bonchev–Trinajstić information content (AvgIpc) is 3.16. The molecule has 152 valence electrons. The maximum absolute atomic E-state index is 13.9. The molecule has 0 unspecified atom stereocenters. The number of H-pyrrole nitrogens is 1. The Morgan fingerprint density at radius 3 is 2.69 bits per heavy atom. The Morgan fingerprint density at radius 1 is 1.28 bits per heavy atom. The summed E-state index contributed by atoms with van der Waals surface area (Å²) in [6.07, 6.45) is -4.84. The summed E-state index contributed by atoms with van der Waals surface area (Å²) >= 11 is 1.34. The van der Waals surface area contributed by atoms with Crippen LogP contribution in [0.25, 0.3) is 10.8 Å². The zero-order chi connectivity index (χ0) is 20.9. The number of nitrogens with one attached hydrogen (secondary N) is 1. The maximum Gasteiger partial charge on any atom is 0.419 e. The maximum atomic E-state index is 13.9. The molecule has 1 aliphatic heterocycles. The molecule has 1 aromatic carbocycles. The summed E-state index contributed by atoms with van der Waals surface area (Å²) in [6.45, 7) is 0.305. The Bertz CT molecular complexity index is 1170. The molecule has 0 saturated heterocycles. The number of carbonyl (C=O) groups excluding carboxylic acids is 1. The first-order valence-corrected chi connectivity index (χ1v) is 9.45. The molecule has 0 saturated carbocycles. The number of pyridine rings is 1. The van der Waals surface area contributed by atoms with E-state index in [1.807, 2.05) is 0 Å². The van der Waals surface area contributed by atoms with E-state index in [2.05, 4.69) is 4.98 Å². The van der Waals surface area contributed by atoms with Crippen LogP contribution >= 0.6 is 11.3 Å². The summed E-state index contributed by atoms with van der Waals surface area (Å²) < 4.78 is 57.7. The number of likely N-dealkylation sites (N-methyl/N-ethyl adjacent to an activating group) is 1. The molecule has 1 N–H and O–H groups in total. The fraction of sp³-hybridized carbons (Fsp3) is 0.263. The second-order valence-corrected chi connectivity index (χ2v) is 7.43. The van der Waals surface area contributed by atoms with Crippen LogP contribution in [0.5, 0.6) is 0 Å². The minimum absolute atomic E-state index is 0.134. The van der Waals surface area contributed by atoms with Crippen LogP contribution in [0.2, 0.25) is 0 Å². The number of hydrogen-bond donors (Lipinski definition) is 1. The highest BCUT2D eigenvalue weighted by atomic mass is 32.1. The fourth-order valence-electron chi connectivity index (χ4n) is 3.49. The van der Waals surface area contributed by atoms with Crippen LogP contribution in [-0.4, -0.2) is 29.4 Å². The van der Waals surface area contributed by atoms with Crippen molar-refractivity contribution < 1.29 is 27.1 Å². The lowest BCUT2D eigenvalue weighted by molar-refractivity contribution is -0.140. The summed E-state index contributed by atoms with van der Waals surface area (Å²) in [7, 11) is 1.46. The second kappa shape index (κ2) is 6.96. The van der Waals surface area contributed by atoms with E-state index in [1.54, 1.807) is 10.8 Å². The van der Waals surface area contributed by atoms with Crippen LogP contribution in [-0.2, 0) is 17.5 Å². The van der Waals surface area contributed by atoms with Crippen molar-refractivity contribution in [2.75, 3.05) is 13.7 Å². The van der Waals surface area contributed by atoms with Crippen molar-refractivity contribution in [2.45, 2.75) is 18.8 Å². The summed E-state index contributed by atoms with van der Waals surface area (Å²) in [5.41, 5.74) is -0.648. The van der Waals surface area contributed by atoms with E-state index in [4.69, 9.17) is 4.74 Å². The molecule has 0 bridgehead atoms. The predicted octanol–water partition coefficient (Wildman–Crippen LogP) is 4.09. The number of aromatic nitrogens is 1. The third-order valence-electron chi connectivity index (χ3n) is 4.95. The van der Waals surface area contributed by atoms with Gasteiger partial charge in [-0.25, -0.2) is 4.39 Å². The van der Waals surface area contributed by atoms with E-state index in [9.17, 15) is 27.2 Å². The number of thiophene rings is 1. The Morgan fingerprint density at radius 2 is 2.00 bits per heavy atom. The van der Waals surface area contributed by atoms with Crippen LogP contribution in [0.1, 0.15) is 33.2 Å². The van der Waals surface area contributed by atoms with Crippen LogP contribution in [0.3, 0.4) is 0 Å². The molecule has 29 heavy (non-hydrogen) atoms. The number of amides is 1. The minimum Gasteiger partial charge on any atom is -0.373 e. The number of carbonyl (C=O) groups is 1. The summed E-state index contributed by atoms with van der Waals surface area (Å²) in [5, 5.41) is 4.69. The number of benzene rings is 1. The van der Waals surface area contributed by atoms with Crippen molar-refractivity contribution in [1.82, 2.24) is 9.88 Å². The highest BCUT2D eigenvalue weighted by Gasteiger charge is 2.35. The van der Waals surface area contributed by atoms with Crippen molar-refractivity contribution in [3.63, 3.8) is 0 Å². The van der Waals surface area contributed by atoms with Gasteiger partial charge in [0.25, 0.3) is 11.5 Å². The second-order valence-electron chi connectivity index (χ2n) is 6.68. The Kier molecular flexibility index (Phi) is 4.70. The van der Waals surface area contributed by atoms with Gasteiger partial charge in [0.2, 0.25) is 0 Å². The average molecular weight is 426 g/mol. The number of halogens is 4. The smallest absolute Gasteiger partial charge is 0.373 e. The van der Waals surface area contributed by atoms with Gasteiger partial charge in [0.15, 0.2) is 0 Å². The zero-order valence-corrected chi connectivity index (χ0v) is 15.8. The molecule has 10 heteroatoms. The van der Waals surface area contributed by atoms with E-state index < -0.39 is 29.5 Å². The number of aromatic amines is 1. The van der Waals surface area contributed by atoms with Crippen molar-refractivity contribution in [3.05, 3.63) is 67.5 Å². The van der Waals surface area contributed by atoms with Crippen molar-refractivity contribution in [1.29, 1.82) is 0 Å². The van der Waals surface area contributed by atoms with Gasteiger partial charge >= 0.3 is 6.18 Å². The van der Waals surface area contributed by atoms with Gasteiger partial charge in [0.05, 0.1) is 30.2 Å². The third kappa shape index (κ3) is 3.32. The SMILES string of the molecule is CN(C(=O)c1ccc(C(F)(F)F)c(F)c1)[C@H]1COCc2[nH]c(=O)c3cscc3c21. The van der Waals surface area contributed by atoms with Crippen molar-refractivity contribution >= 4 is 28.0 Å². The van der Waals surface area contributed by atoms with Crippen molar-refractivity contribution in [2.24, 2.45) is 0 Å². The molecule has 1 aliphatic rings. The topological polar surface area (TPSA) is 62.4 Å². The van der Waals surface area contributed by atoms with Gasteiger partial charge in [0.1, 0.15) is 5.82 Å². The van der Waals surface area contributed by atoms with Crippen LogP contribution in [0.4, 0.5) is 17.6 Å². The molecule has 0 fully saturated rings. The standard InChI is InChI=1S/C19H14F4N2O3S/c1-25(18(27)9-2-3-12(13(20)4-9)19(21,22)23)15-6-28-5-14-16(15)10-7-29-8-11(10)17(26)24-14/h2-4,7-8,15H,5-6H2,1H3,(H,24,26)/t15-/m0/s1. The van der Waals surface area contributed by atoms with E-state index in [1.165, 1.54) is 23.3 Å². The summed E-state index contributed by atoms with van der Waals surface area (Å²) in [5.74, 6) is -2.17. The summed E-state index contributed by atoms with van der Waals surface area (Å²) in [4.78, 5) is 29.1. The predicted molar refractivity (Wildman–Crippen MR) is 98.3 cm³/mol. The minimum atomic E-state index is -4.84. The molecule has 2 aromatic heterocycles. The Balaban J connectivity index is 1.72. The molecule has 0 aliphatic carbocycles. The number of fused-ring (bicyclic) bond motifs is 3. The molecule has 5 nitrogen and oxygen atoms in total. The molecular weight excluding hydrogens is 412 g/mol. The van der Waals surface area contributed by atoms with Crippen molar-refractivity contribution in [3.8, 4) is 0 Å². The van der Waals surface area contributed by atoms with Crippen LogP contribution < -0.4 is 5.56 Å².